The molecule has 1 aliphatic rings. The molecular formula is C26H21N3O2. The second-order valence-corrected chi connectivity index (χ2v) is 7.39. The van der Waals surface area contributed by atoms with Crippen molar-refractivity contribution in [1.29, 1.82) is 5.26 Å². The lowest BCUT2D eigenvalue weighted by molar-refractivity contribution is -0.124. The van der Waals surface area contributed by atoms with Crippen molar-refractivity contribution in [2.75, 3.05) is 10.2 Å². The molecule has 1 aliphatic heterocycles. The van der Waals surface area contributed by atoms with Crippen molar-refractivity contribution in [2.24, 2.45) is 0 Å². The van der Waals surface area contributed by atoms with Crippen LogP contribution in [0.15, 0.2) is 54.6 Å². The maximum Gasteiger partial charge on any atom is 0.241 e. The summed E-state index contributed by atoms with van der Waals surface area (Å²) < 4.78 is 0. The van der Waals surface area contributed by atoms with Crippen molar-refractivity contribution >= 4 is 39.6 Å². The molecule has 0 aliphatic carbocycles. The summed E-state index contributed by atoms with van der Waals surface area (Å²) in [4.78, 5) is 27.1. The Hall–Kier alpha value is -4.09. The van der Waals surface area contributed by atoms with E-state index in [9.17, 15) is 14.9 Å². The minimum Gasteiger partial charge on any atom is -0.323 e. The normalized spacial score (nSPS) is 13.0. The van der Waals surface area contributed by atoms with Crippen molar-refractivity contribution in [3.05, 3.63) is 65.7 Å². The van der Waals surface area contributed by atoms with Gasteiger partial charge in [-0.1, -0.05) is 55.5 Å². The Balaban J connectivity index is 1.98. The summed E-state index contributed by atoms with van der Waals surface area (Å²) in [5.74, 6) is 5.77. The topological polar surface area (TPSA) is 73.2 Å². The fourth-order valence-corrected chi connectivity index (χ4v) is 3.73. The Bertz CT molecular complexity index is 1290. The van der Waals surface area contributed by atoms with E-state index in [1.165, 1.54) is 4.90 Å². The zero-order valence-corrected chi connectivity index (χ0v) is 17.2. The van der Waals surface area contributed by atoms with Crippen LogP contribution in [0.3, 0.4) is 0 Å². The van der Waals surface area contributed by atoms with E-state index in [4.69, 9.17) is 0 Å². The molecule has 0 saturated carbocycles. The monoisotopic (exact) mass is 407 g/mol. The zero-order chi connectivity index (χ0) is 21.8. The van der Waals surface area contributed by atoms with Gasteiger partial charge in [-0.15, -0.1) is 0 Å². The van der Waals surface area contributed by atoms with Gasteiger partial charge in [-0.2, -0.15) is 5.26 Å². The summed E-state index contributed by atoms with van der Waals surface area (Å²) in [6.07, 6.45) is 2.61. The van der Waals surface area contributed by atoms with E-state index in [1.807, 2.05) is 30.3 Å². The van der Waals surface area contributed by atoms with Gasteiger partial charge in [-0.3, -0.25) is 14.5 Å². The van der Waals surface area contributed by atoms with E-state index >= 15 is 0 Å². The first-order valence-corrected chi connectivity index (χ1v) is 10.3. The maximum atomic E-state index is 13.1. The molecule has 3 aromatic carbocycles. The molecule has 2 amide bonds. The lowest BCUT2D eigenvalue weighted by atomic mass is 10.00. The predicted octanol–water partition coefficient (Wildman–Crippen LogP) is 5.26. The Kier molecular flexibility index (Phi) is 5.69. The van der Waals surface area contributed by atoms with Gasteiger partial charge in [0.05, 0.1) is 28.7 Å². The van der Waals surface area contributed by atoms with E-state index < -0.39 is 0 Å². The molecule has 5 heteroatoms. The molecule has 31 heavy (non-hydrogen) atoms. The fraction of sp³-hybridized carbons (Fsp3) is 0.192. The quantitative estimate of drug-likeness (QED) is 0.366. The van der Waals surface area contributed by atoms with E-state index in [0.717, 1.165) is 35.6 Å². The highest BCUT2D eigenvalue weighted by molar-refractivity contribution is 6.21. The third kappa shape index (κ3) is 3.99. The Morgan fingerprint density at radius 3 is 2.65 bits per heavy atom. The van der Waals surface area contributed by atoms with Gasteiger partial charge in [0.2, 0.25) is 11.8 Å². The van der Waals surface area contributed by atoms with Gasteiger partial charge >= 0.3 is 0 Å². The van der Waals surface area contributed by atoms with Crippen LogP contribution in [0.2, 0.25) is 0 Å². The smallest absolute Gasteiger partial charge is 0.241 e. The number of nitriles is 1. The Morgan fingerprint density at radius 1 is 1.06 bits per heavy atom. The number of anilines is 3. The first-order chi connectivity index (χ1) is 15.1. The Labute approximate surface area is 181 Å². The van der Waals surface area contributed by atoms with E-state index in [1.54, 1.807) is 24.3 Å². The van der Waals surface area contributed by atoms with Crippen molar-refractivity contribution < 1.29 is 9.59 Å². The summed E-state index contributed by atoms with van der Waals surface area (Å²) in [5.41, 5.74) is 2.92. The molecule has 5 nitrogen and oxygen atoms in total. The Morgan fingerprint density at radius 2 is 1.87 bits per heavy atom. The number of fused-ring (bicyclic) bond motifs is 3. The predicted molar refractivity (Wildman–Crippen MR) is 122 cm³/mol. The van der Waals surface area contributed by atoms with Crippen LogP contribution in [0.4, 0.5) is 17.1 Å². The second-order valence-electron chi connectivity index (χ2n) is 7.39. The van der Waals surface area contributed by atoms with Crippen LogP contribution in [0, 0.1) is 23.2 Å². The van der Waals surface area contributed by atoms with Crippen molar-refractivity contribution in [2.45, 2.75) is 32.6 Å². The first kappa shape index (κ1) is 20.2. The maximum absolute atomic E-state index is 13.1. The largest absolute Gasteiger partial charge is 0.323 e. The molecule has 0 aromatic heterocycles. The number of benzene rings is 3. The standard InChI is InChI=1S/C26H21N3O2/c1-2-3-4-5-10-19-15-23-26(22-13-7-6-12-21(19)22)28-24(30)16-25(31)29(23)20-11-8-9-18(14-20)17-27/h6-9,11-15H,2-4,16H2,1H3,(H,28,30). The van der Waals surface area contributed by atoms with Gasteiger partial charge < -0.3 is 5.32 Å². The number of hydrogen-bond donors (Lipinski definition) is 1. The SMILES string of the molecule is CCCCC#Cc1cc2c(c3ccccc13)NC(=O)CC(=O)N2c1cccc(C#N)c1. The lowest BCUT2D eigenvalue weighted by Gasteiger charge is -2.24. The lowest BCUT2D eigenvalue weighted by Crippen LogP contribution is -2.26. The number of carbonyl (C=O) groups excluding carboxylic acids is 2. The van der Waals surface area contributed by atoms with Gasteiger partial charge in [-0.25, -0.2) is 0 Å². The molecule has 0 spiro atoms. The third-order valence-electron chi connectivity index (χ3n) is 5.20. The van der Waals surface area contributed by atoms with Crippen LogP contribution >= 0.6 is 0 Å². The summed E-state index contributed by atoms with van der Waals surface area (Å²) in [6, 6.07) is 18.5. The summed E-state index contributed by atoms with van der Waals surface area (Å²) in [6.45, 7) is 2.13. The number of rotatable bonds is 3. The number of unbranched alkanes of at least 4 members (excludes halogenated alkanes) is 2. The second kappa shape index (κ2) is 8.73. The van der Waals surface area contributed by atoms with Crippen molar-refractivity contribution in [3.8, 4) is 17.9 Å². The van der Waals surface area contributed by atoms with E-state index in [0.29, 0.717) is 22.6 Å². The third-order valence-corrected chi connectivity index (χ3v) is 5.20. The number of amides is 2. The number of carbonyl (C=O) groups is 2. The molecule has 0 atom stereocenters. The highest BCUT2D eigenvalue weighted by Gasteiger charge is 2.29. The zero-order valence-electron chi connectivity index (χ0n) is 17.2. The van der Waals surface area contributed by atoms with Crippen LogP contribution in [0.1, 0.15) is 43.7 Å². The molecule has 0 unspecified atom stereocenters. The van der Waals surface area contributed by atoms with Crippen molar-refractivity contribution in [1.82, 2.24) is 0 Å². The molecule has 1 N–H and O–H groups in total. The highest BCUT2D eigenvalue weighted by Crippen LogP contribution is 2.41. The number of nitrogens with one attached hydrogen (secondary N) is 1. The van der Waals surface area contributed by atoms with Crippen molar-refractivity contribution in [3.63, 3.8) is 0 Å². The minimum absolute atomic E-state index is 0.280. The van der Waals surface area contributed by atoms with E-state index in [-0.39, 0.29) is 18.2 Å². The van der Waals surface area contributed by atoms with Gasteiger partial charge in [0.1, 0.15) is 6.42 Å². The number of hydrogen-bond acceptors (Lipinski definition) is 3. The average Bonchev–Trinajstić information content (AvgIpc) is 2.91. The van der Waals surface area contributed by atoms with Crippen LogP contribution in [-0.4, -0.2) is 11.8 Å². The van der Waals surface area contributed by atoms with Crippen LogP contribution < -0.4 is 10.2 Å². The minimum atomic E-state index is -0.364. The fourth-order valence-electron chi connectivity index (χ4n) is 3.73. The van der Waals surface area contributed by atoms with Gasteiger partial charge in [0, 0.05) is 17.4 Å². The molecule has 3 aromatic rings. The molecule has 0 radical (unpaired) electrons. The molecule has 0 saturated heterocycles. The van der Waals surface area contributed by atoms with Crippen LogP contribution in [0.25, 0.3) is 10.8 Å². The molecule has 0 fully saturated rings. The molecule has 1 heterocycles. The number of nitrogens with zero attached hydrogens (tertiary/aromatic N) is 2. The summed E-state index contributed by atoms with van der Waals surface area (Å²) >= 11 is 0. The van der Waals surface area contributed by atoms with Crippen LogP contribution in [0.5, 0.6) is 0 Å². The highest BCUT2D eigenvalue weighted by atomic mass is 16.2. The summed E-state index contributed by atoms with van der Waals surface area (Å²) in [5, 5.41) is 14.0. The van der Waals surface area contributed by atoms with Gasteiger partial charge in [0.15, 0.2) is 0 Å². The van der Waals surface area contributed by atoms with Gasteiger partial charge in [-0.05, 0) is 36.1 Å². The van der Waals surface area contributed by atoms with Gasteiger partial charge in [0.25, 0.3) is 0 Å². The molecular weight excluding hydrogens is 386 g/mol. The molecule has 4 rings (SSSR count). The average molecular weight is 407 g/mol. The van der Waals surface area contributed by atoms with Crippen LogP contribution in [-0.2, 0) is 9.59 Å². The molecule has 0 bridgehead atoms. The first-order valence-electron chi connectivity index (χ1n) is 10.3. The van der Waals surface area contributed by atoms with E-state index in [2.05, 4.69) is 30.2 Å². The molecule has 152 valence electrons. The summed E-state index contributed by atoms with van der Waals surface area (Å²) in [7, 11) is 0.